The Morgan fingerprint density at radius 2 is 1.93 bits per heavy atom. The van der Waals surface area contributed by atoms with Crippen molar-refractivity contribution < 1.29 is 13.2 Å². The van der Waals surface area contributed by atoms with E-state index in [1.165, 1.54) is 6.20 Å². The lowest BCUT2D eigenvalue weighted by molar-refractivity contribution is -0.138. The van der Waals surface area contributed by atoms with Crippen molar-refractivity contribution in [3.05, 3.63) is 23.7 Å². The molecule has 1 aromatic heterocycles. The van der Waals surface area contributed by atoms with Gasteiger partial charge in [0, 0.05) is 42.8 Å². The van der Waals surface area contributed by atoms with E-state index in [0.717, 1.165) is 44.7 Å². The lowest BCUT2D eigenvalue weighted by Crippen LogP contribution is -2.33. The third-order valence-corrected chi connectivity index (χ3v) is 5.38. The molecule has 6 nitrogen and oxygen atoms in total. The molecule has 0 bridgehead atoms. The highest BCUT2D eigenvalue weighted by Gasteiger charge is 2.37. The number of nitrogens with two attached hydrogens (primary N) is 2. The first-order chi connectivity index (χ1) is 13.3. The molecule has 0 aromatic carbocycles. The second-order valence-corrected chi connectivity index (χ2v) is 7.61. The normalized spacial score (nSPS) is 24.3. The highest BCUT2D eigenvalue weighted by Crippen LogP contribution is 2.38. The Kier molecular flexibility index (Phi) is 6.22. The number of rotatable bonds is 6. The number of aromatic nitrogens is 2. The number of alkyl halides is 3. The van der Waals surface area contributed by atoms with Crippen LogP contribution in [-0.4, -0.2) is 34.8 Å². The molecule has 5 N–H and O–H groups in total. The molecule has 28 heavy (non-hydrogen) atoms. The van der Waals surface area contributed by atoms with E-state index in [4.69, 9.17) is 11.5 Å². The van der Waals surface area contributed by atoms with Crippen molar-refractivity contribution in [1.29, 1.82) is 0 Å². The third-order valence-electron chi connectivity index (χ3n) is 5.38. The predicted molar refractivity (Wildman–Crippen MR) is 104 cm³/mol. The summed E-state index contributed by atoms with van der Waals surface area (Å²) in [5, 5.41) is 3.16. The second-order valence-electron chi connectivity index (χ2n) is 7.61. The van der Waals surface area contributed by atoms with Gasteiger partial charge >= 0.3 is 6.18 Å². The molecular weight excluding hydrogens is 369 g/mol. The van der Waals surface area contributed by atoms with Gasteiger partial charge < -0.3 is 16.8 Å². The van der Waals surface area contributed by atoms with Crippen LogP contribution >= 0.6 is 0 Å². The van der Waals surface area contributed by atoms with E-state index in [0.29, 0.717) is 18.1 Å². The van der Waals surface area contributed by atoms with Crippen LogP contribution in [-0.2, 0) is 6.18 Å². The number of allylic oxidation sites excluding steroid dienone is 1. The summed E-state index contributed by atoms with van der Waals surface area (Å²) in [5.41, 5.74) is 11.3. The predicted octanol–water partition coefficient (Wildman–Crippen LogP) is 3.35. The smallest absolute Gasteiger partial charge is 0.404 e. The zero-order chi connectivity index (χ0) is 20.3. The van der Waals surface area contributed by atoms with Gasteiger partial charge in [-0.15, -0.1) is 0 Å². The zero-order valence-corrected chi connectivity index (χ0v) is 16.0. The van der Waals surface area contributed by atoms with E-state index in [1.54, 1.807) is 7.05 Å². The minimum Gasteiger partial charge on any atom is -0.404 e. The minimum atomic E-state index is -4.59. The molecule has 9 heteroatoms. The molecule has 1 heterocycles. The SMILES string of the molecule is CN=C(CC1CC1)C(=CN)c1nc(NC2CCC(N)CC2)ncc1C(F)(F)F. The van der Waals surface area contributed by atoms with Gasteiger partial charge in [-0.25, -0.2) is 9.97 Å². The van der Waals surface area contributed by atoms with Gasteiger partial charge in [-0.05, 0) is 50.9 Å². The number of nitrogens with zero attached hydrogens (tertiary/aromatic N) is 3. The van der Waals surface area contributed by atoms with Gasteiger partial charge in [0.2, 0.25) is 5.95 Å². The van der Waals surface area contributed by atoms with Crippen molar-refractivity contribution in [2.45, 2.75) is 63.2 Å². The molecule has 2 saturated carbocycles. The molecule has 0 saturated heterocycles. The van der Waals surface area contributed by atoms with Gasteiger partial charge in [0.05, 0.1) is 5.69 Å². The fourth-order valence-electron chi connectivity index (χ4n) is 3.54. The molecule has 3 rings (SSSR count). The molecule has 0 atom stereocenters. The van der Waals surface area contributed by atoms with Crippen molar-refractivity contribution in [1.82, 2.24) is 9.97 Å². The summed E-state index contributed by atoms with van der Waals surface area (Å²) in [5.74, 6) is 0.624. The van der Waals surface area contributed by atoms with Crippen LogP contribution in [0.2, 0.25) is 0 Å². The average Bonchev–Trinajstić information content (AvgIpc) is 3.47. The molecule has 0 amide bonds. The lowest BCUT2D eigenvalue weighted by Gasteiger charge is -2.27. The monoisotopic (exact) mass is 396 g/mol. The van der Waals surface area contributed by atoms with Crippen LogP contribution in [0.25, 0.3) is 5.57 Å². The number of hydrogen-bond acceptors (Lipinski definition) is 6. The molecule has 2 aliphatic carbocycles. The molecule has 0 unspecified atom stereocenters. The second kappa shape index (κ2) is 8.46. The maximum Gasteiger partial charge on any atom is 0.419 e. The minimum absolute atomic E-state index is 0.0977. The van der Waals surface area contributed by atoms with Gasteiger partial charge in [0.25, 0.3) is 0 Å². The molecule has 2 fully saturated rings. The van der Waals surface area contributed by atoms with E-state index in [-0.39, 0.29) is 29.3 Å². The van der Waals surface area contributed by atoms with Gasteiger partial charge in [-0.1, -0.05) is 0 Å². The zero-order valence-electron chi connectivity index (χ0n) is 16.0. The number of aliphatic imine (C=N–C) groups is 1. The Bertz CT molecular complexity index is 747. The topological polar surface area (TPSA) is 102 Å². The summed E-state index contributed by atoms with van der Waals surface area (Å²) < 4.78 is 40.8. The van der Waals surface area contributed by atoms with Crippen LogP contribution in [0, 0.1) is 5.92 Å². The molecule has 2 aliphatic rings. The number of nitrogens with one attached hydrogen (secondary N) is 1. The summed E-state index contributed by atoms with van der Waals surface area (Å²) in [6, 6.07) is 0.278. The summed E-state index contributed by atoms with van der Waals surface area (Å²) in [6.07, 6.45) is 3.54. The Balaban J connectivity index is 1.91. The Labute approximate surface area is 162 Å². The summed E-state index contributed by atoms with van der Waals surface area (Å²) in [4.78, 5) is 12.3. The van der Waals surface area contributed by atoms with Crippen LogP contribution in [0.15, 0.2) is 17.4 Å². The van der Waals surface area contributed by atoms with E-state index in [2.05, 4.69) is 20.3 Å². The first-order valence-electron chi connectivity index (χ1n) is 9.66. The van der Waals surface area contributed by atoms with Crippen molar-refractivity contribution in [2.24, 2.45) is 22.4 Å². The van der Waals surface area contributed by atoms with Gasteiger partial charge in [-0.3, -0.25) is 4.99 Å². The third kappa shape index (κ3) is 5.01. The standard InChI is InChI=1S/C19H27F3N6/c1-25-16(8-11-2-3-11)14(9-23)17-15(19(20,21)22)10-26-18(28-17)27-13-6-4-12(24)5-7-13/h9-13H,2-8,23-24H2,1H3,(H,26,27,28). The molecular formula is C19H27F3N6. The fourth-order valence-corrected chi connectivity index (χ4v) is 3.54. The number of halogens is 3. The van der Waals surface area contributed by atoms with Crippen LogP contribution < -0.4 is 16.8 Å². The molecule has 154 valence electrons. The lowest BCUT2D eigenvalue weighted by atomic mass is 9.92. The first kappa shape index (κ1) is 20.6. The van der Waals surface area contributed by atoms with Crippen molar-refractivity contribution in [2.75, 3.05) is 12.4 Å². The molecule has 0 aliphatic heterocycles. The maximum absolute atomic E-state index is 13.6. The van der Waals surface area contributed by atoms with Gasteiger partial charge in [0.15, 0.2) is 0 Å². The Morgan fingerprint density at radius 3 is 2.46 bits per heavy atom. The van der Waals surface area contributed by atoms with E-state index < -0.39 is 11.7 Å². The van der Waals surface area contributed by atoms with Crippen molar-refractivity contribution in [3.8, 4) is 0 Å². The molecule has 0 radical (unpaired) electrons. The molecule has 0 spiro atoms. The summed E-state index contributed by atoms with van der Waals surface area (Å²) in [7, 11) is 1.57. The fraction of sp³-hybridized carbons (Fsp3) is 0.632. The Hall–Kier alpha value is -2.16. The quantitative estimate of drug-likeness (QED) is 0.640. The Morgan fingerprint density at radius 1 is 1.25 bits per heavy atom. The number of anilines is 1. The summed E-state index contributed by atoms with van der Waals surface area (Å²) in [6.45, 7) is 0. The van der Waals surface area contributed by atoms with Gasteiger partial charge in [-0.2, -0.15) is 13.2 Å². The van der Waals surface area contributed by atoms with Crippen LogP contribution in [0.5, 0.6) is 0 Å². The van der Waals surface area contributed by atoms with E-state index >= 15 is 0 Å². The number of hydrogen-bond donors (Lipinski definition) is 3. The molecule has 1 aromatic rings. The van der Waals surface area contributed by atoms with E-state index in [9.17, 15) is 13.2 Å². The average molecular weight is 396 g/mol. The maximum atomic E-state index is 13.6. The van der Waals surface area contributed by atoms with Crippen LogP contribution in [0.1, 0.15) is 56.2 Å². The highest BCUT2D eigenvalue weighted by molar-refractivity contribution is 6.23. The summed E-state index contributed by atoms with van der Waals surface area (Å²) >= 11 is 0. The van der Waals surface area contributed by atoms with Crippen molar-refractivity contribution >= 4 is 17.2 Å². The van der Waals surface area contributed by atoms with Crippen LogP contribution in [0.4, 0.5) is 19.1 Å². The highest BCUT2D eigenvalue weighted by atomic mass is 19.4. The first-order valence-corrected chi connectivity index (χ1v) is 9.66. The van der Waals surface area contributed by atoms with Gasteiger partial charge in [0.1, 0.15) is 5.56 Å². The largest absolute Gasteiger partial charge is 0.419 e. The van der Waals surface area contributed by atoms with Crippen molar-refractivity contribution in [3.63, 3.8) is 0 Å². The van der Waals surface area contributed by atoms with E-state index in [1.807, 2.05) is 0 Å². The van der Waals surface area contributed by atoms with Crippen LogP contribution in [0.3, 0.4) is 0 Å².